The lowest BCUT2D eigenvalue weighted by Crippen LogP contribution is -2.52. The van der Waals surface area contributed by atoms with Gasteiger partial charge in [-0.2, -0.15) is 0 Å². The third kappa shape index (κ3) is 6.22. The number of anilines is 2. The van der Waals surface area contributed by atoms with E-state index in [1.54, 1.807) is 7.11 Å². The Morgan fingerprint density at radius 1 is 0.829 bits per heavy atom. The largest absolute Gasteiger partial charge is 0.497 e. The molecule has 5 rings (SSSR count). The maximum absolute atomic E-state index is 13.3. The van der Waals surface area contributed by atoms with Crippen molar-refractivity contribution in [3.05, 3.63) is 87.9 Å². The molecular formula is C30H27Cl2N3O6. The Bertz CT molecular complexity index is 1470. The molecule has 3 aromatic carbocycles. The summed E-state index contributed by atoms with van der Waals surface area (Å²) in [5.41, 5.74) is 1.91. The zero-order chi connectivity index (χ0) is 29.1. The molecule has 3 aromatic rings. The van der Waals surface area contributed by atoms with Crippen LogP contribution in [0.1, 0.15) is 27.1 Å². The summed E-state index contributed by atoms with van der Waals surface area (Å²) >= 11 is 11.8. The molecule has 2 aliphatic rings. The standard InChI is InChI=1S/C30H27Cl2N3O6/c1-40-23-9-7-21(8-10-23)33-12-14-34(15-13-33)26-17-28(37)35(29(26)38)22-5-2-19(3-6-22)30(39)41-18-27(36)20-4-11-24(31)25(32)16-20/h2-11,16,26H,12-15,17-18H2,1H3. The molecule has 0 spiro atoms. The van der Waals surface area contributed by atoms with E-state index in [0.29, 0.717) is 23.8 Å². The third-order valence-corrected chi connectivity index (χ3v) is 7.99. The van der Waals surface area contributed by atoms with Gasteiger partial charge in [0.05, 0.1) is 40.9 Å². The SMILES string of the molecule is COc1ccc(N2CCN(C3CC(=O)N(c4ccc(C(=O)OCC(=O)c5ccc(Cl)c(Cl)c5)cc4)C3=O)CC2)cc1. The van der Waals surface area contributed by atoms with E-state index in [1.165, 1.54) is 47.4 Å². The Labute approximate surface area is 247 Å². The maximum Gasteiger partial charge on any atom is 0.338 e. The van der Waals surface area contributed by atoms with Crippen LogP contribution in [0.4, 0.5) is 11.4 Å². The first-order chi connectivity index (χ1) is 19.7. The van der Waals surface area contributed by atoms with Crippen LogP contribution in [-0.4, -0.2) is 74.4 Å². The van der Waals surface area contributed by atoms with Crippen LogP contribution in [0.5, 0.6) is 5.75 Å². The molecule has 0 N–H and O–H groups in total. The van der Waals surface area contributed by atoms with Crippen LogP contribution in [0.25, 0.3) is 0 Å². The quantitative estimate of drug-likeness (QED) is 0.213. The predicted octanol–water partition coefficient (Wildman–Crippen LogP) is 4.50. The van der Waals surface area contributed by atoms with E-state index in [2.05, 4.69) is 9.80 Å². The summed E-state index contributed by atoms with van der Waals surface area (Å²) in [5.74, 6) is -0.924. The second-order valence-corrected chi connectivity index (χ2v) is 10.5. The Kier molecular flexibility index (Phi) is 8.58. The maximum atomic E-state index is 13.3. The van der Waals surface area contributed by atoms with Crippen molar-refractivity contribution in [2.45, 2.75) is 12.5 Å². The number of hydrogen-bond donors (Lipinski definition) is 0. The number of carbonyl (C=O) groups is 4. The number of halogens is 2. The minimum absolute atomic E-state index is 0.0992. The zero-order valence-corrected chi connectivity index (χ0v) is 23.7. The highest BCUT2D eigenvalue weighted by atomic mass is 35.5. The van der Waals surface area contributed by atoms with Crippen LogP contribution in [0.3, 0.4) is 0 Å². The number of hydrogen-bond acceptors (Lipinski definition) is 8. The van der Waals surface area contributed by atoms with Crippen molar-refractivity contribution in [1.29, 1.82) is 0 Å². The molecule has 0 radical (unpaired) electrons. The normalized spacial score (nSPS) is 17.6. The fourth-order valence-corrected chi connectivity index (χ4v) is 5.27. The molecule has 11 heteroatoms. The van der Waals surface area contributed by atoms with Gasteiger partial charge < -0.3 is 14.4 Å². The molecule has 212 valence electrons. The number of carbonyl (C=O) groups excluding carboxylic acids is 4. The van der Waals surface area contributed by atoms with Crippen molar-refractivity contribution in [1.82, 2.24) is 4.90 Å². The van der Waals surface area contributed by atoms with Gasteiger partial charge in [-0.05, 0) is 66.7 Å². The number of ether oxygens (including phenoxy) is 2. The molecule has 2 saturated heterocycles. The van der Waals surface area contributed by atoms with Crippen molar-refractivity contribution in [3.63, 3.8) is 0 Å². The summed E-state index contributed by atoms with van der Waals surface area (Å²) < 4.78 is 10.4. The monoisotopic (exact) mass is 595 g/mol. The molecule has 1 unspecified atom stereocenters. The Morgan fingerprint density at radius 3 is 2.10 bits per heavy atom. The van der Waals surface area contributed by atoms with E-state index in [0.717, 1.165) is 24.5 Å². The first-order valence-corrected chi connectivity index (χ1v) is 13.8. The second kappa shape index (κ2) is 12.3. The topological polar surface area (TPSA) is 96.5 Å². The highest BCUT2D eigenvalue weighted by molar-refractivity contribution is 6.42. The average molecular weight is 596 g/mol. The number of benzene rings is 3. The van der Waals surface area contributed by atoms with Crippen LogP contribution in [0, 0.1) is 0 Å². The van der Waals surface area contributed by atoms with Crippen molar-refractivity contribution in [3.8, 4) is 5.75 Å². The van der Waals surface area contributed by atoms with E-state index in [-0.39, 0.29) is 34.4 Å². The van der Waals surface area contributed by atoms with Crippen LogP contribution >= 0.6 is 23.2 Å². The van der Waals surface area contributed by atoms with Crippen molar-refractivity contribution in [2.24, 2.45) is 0 Å². The Balaban J connectivity index is 1.16. The number of esters is 1. The molecule has 9 nitrogen and oxygen atoms in total. The van der Waals surface area contributed by atoms with Gasteiger partial charge in [-0.25, -0.2) is 9.69 Å². The molecule has 2 fully saturated rings. The molecule has 0 aliphatic carbocycles. The number of piperazine rings is 1. The third-order valence-electron chi connectivity index (χ3n) is 7.25. The van der Waals surface area contributed by atoms with Crippen molar-refractivity contribution < 1.29 is 28.7 Å². The van der Waals surface area contributed by atoms with E-state index in [9.17, 15) is 19.2 Å². The van der Waals surface area contributed by atoms with Gasteiger partial charge in [0.25, 0.3) is 5.91 Å². The summed E-state index contributed by atoms with van der Waals surface area (Å²) in [4.78, 5) is 56.5. The van der Waals surface area contributed by atoms with Gasteiger partial charge in [0, 0.05) is 37.4 Å². The van der Waals surface area contributed by atoms with Crippen LogP contribution in [0.2, 0.25) is 10.0 Å². The van der Waals surface area contributed by atoms with Gasteiger partial charge in [0.2, 0.25) is 5.91 Å². The average Bonchev–Trinajstić information content (AvgIpc) is 3.30. The number of amides is 2. The fraction of sp³-hybridized carbons (Fsp3) is 0.267. The summed E-state index contributed by atoms with van der Waals surface area (Å²) in [6.07, 6.45) is 0.0992. The number of ketones is 1. The van der Waals surface area contributed by atoms with E-state index in [1.807, 2.05) is 24.3 Å². The van der Waals surface area contributed by atoms with Crippen molar-refractivity contribution >= 4 is 58.1 Å². The first kappa shape index (κ1) is 28.6. The molecule has 2 heterocycles. The smallest absolute Gasteiger partial charge is 0.338 e. The number of nitrogens with zero attached hydrogens (tertiary/aromatic N) is 3. The summed E-state index contributed by atoms with van der Waals surface area (Å²) in [5, 5.41) is 0.539. The Morgan fingerprint density at radius 2 is 1.46 bits per heavy atom. The molecule has 0 bridgehead atoms. The van der Waals surface area contributed by atoms with Crippen LogP contribution in [0.15, 0.2) is 66.7 Å². The predicted molar refractivity (Wildman–Crippen MR) is 155 cm³/mol. The van der Waals surface area contributed by atoms with E-state index >= 15 is 0 Å². The summed E-state index contributed by atoms with van der Waals surface area (Å²) in [6.45, 7) is 2.28. The highest BCUT2D eigenvalue weighted by Crippen LogP contribution is 2.28. The van der Waals surface area contributed by atoms with Crippen LogP contribution in [-0.2, 0) is 14.3 Å². The van der Waals surface area contributed by atoms with Gasteiger partial charge in [-0.15, -0.1) is 0 Å². The summed E-state index contributed by atoms with van der Waals surface area (Å²) in [6, 6.07) is 17.7. The lowest BCUT2D eigenvalue weighted by atomic mass is 10.1. The first-order valence-electron chi connectivity index (χ1n) is 13.0. The molecular weight excluding hydrogens is 569 g/mol. The lowest BCUT2D eigenvalue weighted by Gasteiger charge is -2.38. The summed E-state index contributed by atoms with van der Waals surface area (Å²) in [7, 11) is 1.63. The minimum Gasteiger partial charge on any atom is -0.497 e. The molecule has 2 amide bonds. The molecule has 0 aromatic heterocycles. The van der Waals surface area contributed by atoms with Crippen LogP contribution < -0.4 is 14.5 Å². The second-order valence-electron chi connectivity index (χ2n) is 9.68. The number of imide groups is 1. The molecule has 0 saturated carbocycles. The number of rotatable bonds is 8. The minimum atomic E-state index is -0.711. The van der Waals surface area contributed by atoms with Gasteiger partial charge >= 0.3 is 5.97 Å². The fourth-order valence-electron chi connectivity index (χ4n) is 4.97. The zero-order valence-electron chi connectivity index (χ0n) is 22.2. The Hall–Kier alpha value is -3.92. The van der Waals surface area contributed by atoms with Gasteiger partial charge in [-0.3, -0.25) is 19.3 Å². The van der Waals surface area contributed by atoms with E-state index in [4.69, 9.17) is 32.7 Å². The van der Waals surface area contributed by atoms with Crippen molar-refractivity contribution in [2.75, 3.05) is 49.7 Å². The molecule has 41 heavy (non-hydrogen) atoms. The van der Waals surface area contributed by atoms with Gasteiger partial charge in [0.15, 0.2) is 12.4 Å². The number of methoxy groups -OCH3 is 1. The van der Waals surface area contributed by atoms with Gasteiger partial charge in [-0.1, -0.05) is 23.2 Å². The van der Waals surface area contributed by atoms with Gasteiger partial charge in [0.1, 0.15) is 5.75 Å². The molecule has 2 aliphatic heterocycles. The van der Waals surface area contributed by atoms with E-state index < -0.39 is 24.4 Å². The lowest BCUT2D eigenvalue weighted by molar-refractivity contribution is -0.123. The molecule has 1 atom stereocenters. The number of Topliss-reactive ketones (excluding diaryl/α,β-unsaturated/α-hetero) is 1. The highest BCUT2D eigenvalue weighted by Gasteiger charge is 2.43.